The predicted octanol–water partition coefficient (Wildman–Crippen LogP) is -0.543. The molecule has 0 aromatic heterocycles. The third-order valence-electron chi connectivity index (χ3n) is 5.46. The van der Waals surface area contributed by atoms with Gasteiger partial charge in [-0.2, -0.15) is 11.8 Å². The zero-order valence-electron chi connectivity index (χ0n) is 18.6. The second kappa shape index (κ2) is 13.5. The predicted molar refractivity (Wildman–Crippen MR) is 119 cm³/mol. The summed E-state index contributed by atoms with van der Waals surface area (Å²) in [5, 5.41) is 29.7. The van der Waals surface area contributed by atoms with E-state index in [1.807, 2.05) is 20.1 Å². The maximum absolute atomic E-state index is 13.0. The van der Waals surface area contributed by atoms with Gasteiger partial charge in [0.05, 0.1) is 12.1 Å². The number of carbonyl (C=O) groups is 4. The van der Waals surface area contributed by atoms with Crippen LogP contribution in [-0.4, -0.2) is 82.7 Å². The van der Waals surface area contributed by atoms with Gasteiger partial charge in [-0.1, -0.05) is 20.3 Å². The number of rotatable bonds is 13. The van der Waals surface area contributed by atoms with Crippen LogP contribution in [-0.2, 0) is 19.2 Å². The summed E-state index contributed by atoms with van der Waals surface area (Å²) in [5.74, 6) is -2.42. The molecule has 6 N–H and O–H groups in total. The first-order valence-corrected chi connectivity index (χ1v) is 12.1. The number of nitrogens with one attached hydrogen (secondary N) is 4. The number of hydrogen-bond acceptors (Lipinski definition) is 7. The molecule has 3 amide bonds. The number of carboxylic acids is 1. The number of hydrogen-bond donors (Lipinski definition) is 6. The summed E-state index contributed by atoms with van der Waals surface area (Å²) in [6.07, 6.45) is 3.06. The van der Waals surface area contributed by atoms with Crippen molar-refractivity contribution >= 4 is 35.5 Å². The third kappa shape index (κ3) is 8.66. The van der Waals surface area contributed by atoms with E-state index in [4.69, 9.17) is 0 Å². The molecule has 10 nitrogen and oxygen atoms in total. The molecule has 6 atom stereocenters. The highest BCUT2D eigenvalue weighted by molar-refractivity contribution is 7.98. The summed E-state index contributed by atoms with van der Waals surface area (Å²) in [6.45, 7) is 5.77. The second-order valence-corrected chi connectivity index (χ2v) is 8.91. The number of carboxylic acid groups (broad SMARTS) is 1. The lowest BCUT2D eigenvalue weighted by atomic mass is 9.97. The van der Waals surface area contributed by atoms with E-state index in [0.717, 1.165) is 13.0 Å². The van der Waals surface area contributed by atoms with Gasteiger partial charge in [0, 0.05) is 0 Å². The molecule has 0 aliphatic carbocycles. The van der Waals surface area contributed by atoms with Gasteiger partial charge in [-0.15, -0.1) is 0 Å². The van der Waals surface area contributed by atoms with Crippen molar-refractivity contribution in [1.82, 2.24) is 21.3 Å². The Morgan fingerprint density at radius 1 is 1.10 bits per heavy atom. The molecule has 0 radical (unpaired) electrons. The molecule has 0 spiro atoms. The molecular weight excluding hydrogens is 424 g/mol. The molecule has 11 heteroatoms. The van der Waals surface area contributed by atoms with Crippen LogP contribution in [0.4, 0.5) is 0 Å². The van der Waals surface area contributed by atoms with Gasteiger partial charge in [-0.05, 0) is 50.7 Å². The number of aliphatic hydroxyl groups is 1. The Morgan fingerprint density at radius 2 is 1.77 bits per heavy atom. The molecule has 1 aliphatic rings. The molecule has 0 aromatic carbocycles. The molecule has 0 saturated carbocycles. The van der Waals surface area contributed by atoms with E-state index >= 15 is 0 Å². The molecule has 1 heterocycles. The lowest BCUT2D eigenvalue weighted by Crippen LogP contribution is -2.59. The summed E-state index contributed by atoms with van der Waals surface area (Å²) in [4.78, 5) is 49.6. The van der Waals surface area contributed by atoms with Gasteiger partial charge in [0.1, 0.15) is 12.1 Å². The standard InChI is InChI=1S/C20H36N4O6S/c1-5-11(2)15(23-17(26)13-7-6-9-21-13)19(28)22-14(8-10-31-4)18(27)24-16(12(3)25)20(29)30/h11-16,21,25H,5-10H2,1-4H3,(H,22,28)(H,23,26)(H,24,27)(H,29,30). The van der Waals surface area contributed by atoms with Crippen molar-refractivity contribution in [2.45, 2.75) is 76.7 Å². The third-order valence-corrected chi connectivity index (χ3v) is 6.10. The van der Waals surface area contributed by atoms with Gasteiger partial charge in [0.25, 0.3) is 0 Å². The van der Waals surface area contributed by atoms with Crippen LogP contribution in [0, 0.1) is 5.92 Å². The molecule has 1 aliphatic heterocycles. The van der Waals surface area contributed by atoms with Crippen molar-refractivity contribution in [1.29, 1.82) is 0 Å². The van der Waals surface area contributed by atoms with Crippen molar-refractivity contribution < 1.29 is 29.4 Å². The molecule has 6 unspecified atom stereocenters. The van der Waals surface area contributed by atoms with Crippen LogP contribution in [0.15, 0.2) is 0 Å². The number of thioether (sulfide) groups is 1. The maximum Gasteiger partial charge on any atom is 0.328 e. The zero-order valence-corrected chi connectivity index (χ0v) is 19.5. The second-order valence-electron chi connectivity index (χ2n) is 7.93. The van der Waals surface area contributed by atoms with Crippen LogP contribution >= 0.6 is 11.8 Å². The Hall–Kier alpha value is -1.85. The molecule has 178 valence electrons. The summed E-state index contributed by atoms with van der Waals surface area (Å²) in [5.41, 5.74) is 0. The first kappa shape index (κ1) is 27.2. The monoisotopic (exact) mass is 460 g/mol. The van der Waals surface area contributed by atoms with Gasteiger partial charge < -0.3 is 31.5 Å². The quantitative estimate of drug-likeness (QED) is 0.214. The van der Waals surface area contributed by atoms with Crippen LogP contribution in [0.3, 0.4) is 0 Å². The summed E-state index contributed by atoms with van der Waals surface area (Å²) in [7, 11) is 0. The van der Waals surface area contributed by atoms with Crippen molar-refractivity contribution in [2.24, 2.45) is 5.92 Å². The van der Waals surface area contributed by atoms with Gasteiger partial charge in [-0.25, -0.2) is 4.79 Å². The molecule has 31 heavy (non-hydrogen) atoms. The van der Waals surface area contributed by atoms with Gasteiger partial charge in [0.2, 0.25) is 17.7 Å². The molecule has 1 saturated heterocycles. The fourth-order valence-electron chi connectivity index (χ4n) is 3.27. The van der Waals surface area contributed by atoms with Crippen LogP contribution in [0.25, 0.3) is 0 Å². The maximum atomic E-state index is 13.0. The highest BCUT2D eigenvalue weighted by Crippen LogP contribution is 2.12. The van der Waals surface area contributed by atoms with E-state index in [1.54, 1.807) is 0 Å². The Kier molecular flexibility index (Phi) is 11.9. The number of aliphatic hydroxyl groups excluding tert-OH is 1. The molecule has 0 aromatic rings. The van der Waals surface area contributed by atoms with Gasteiger partial charge in [0.15, 0.2) is 6.04 Å². The van der Waals surface area contributed by atoms with Crippen LogP contribution in [0.5, 0.6) is 0 Å². The lowest BCUT2D eigenvalue weighted by molar-refractivity contribution is -0.145. The van der Waals surface area contributed by atoms with Crippen molar-refractivity contribution in [3.8, 4) is 0 Å². The summed E-state index contributed by atoms with van der Waals surface area (Å²) < 4.78 is 0. The highest BCUT2D eigenvalue weighted by atomic mass is 32.2. The Bertz CT molecular complexity index is 627. The topological polar surface area (TPSA) is 157 Å². The fraction of sp³-hybridized carbons (Fsp3) is 0.800. The average molecular weight is 461 g/mol. The SMILES string of the molecule is CCC(C)C(NC(=O)C1CCCN1)C(=O)NC(CCSC)C(=O)NC(C(=O)O)C(C)O. The van der Waals surface area contributed by atoms with Crippen molar-refractivity contribution in [2.75, 3.05) is 18.6 Å². The summed E-state index contributed by atoms with van der Waals surface area (Å²) >= 11 is 1.48. The highest BCUT2D eigenvalue weighted by Gasteiger charge is 2.34. The lowest BCUT2D eigenvalue weighted by Gasteiger charge is -2.28. The fourth-order valence-corrected chi connectivity index (χ4v) is 3.74. The van der Waals surface area contributed by atoms with E-state index < -0.39 is 42.0 Å². The number of carbonyl (C=O) groups excluding carboxylic acids is 3. The minimum Gasteiger partial charge on any atom is -0.480 e. The van der Waals surface area contributed by atoms with Gasteiger partial charge >= 0.3 is 5.97 Å². The average Bonchev–Trinajstić information content (AvgIpc) is 3.26. The van der Waals surface area contributed by atoms with E-state index in [9.17, 15) is 29.4 Å². The zero-order chi connectivity index (χ0) is 23.6. The first-order valence-electron chi connectivity index (χ1n) is 10.7. The van der Waals surface area contributed by atoms with E-state index in [0.29, 0.717) is 18.6 Å². The van der Waals surface area contributed by atoms with E-state index in [-0.39, 0.29) is 24.3 Å². The minimum absolute atomic E-state index is 0.168. The molecule has 1 fully saturated rings. The minimum atomic E-state index is -1.49. The van der Waals surface area contributed by atoms with Gasteiger partial charge in [-0.3, -0.25) is 14.4 Å². The van der Waals surface area contributed by atoms with Crippen LogP contribution in [0.1, 0.15) is 46.5 Å². The van der Waals surface area contributed by atoms with Crippen molar-refractivity contribution in [3.05, 3.63) is 0 Å². The largest absolute Gasteiger partial charge is 0.480 e. The van der Waals surface area contributed by atoms with E-state index in [1.165, 1.54) is 18.7 Å². The number of amides is 3. The molecule has 0 bridgehead atoms. The Labute approximate surface area is 187 Å². The Balaban J connectivity index is 2.92. The number of aliphatic carboxylic acids is 1. The smallest absolute Gasteiger partial charge is 0.328 e. The molecule has 1 rings (SSSR count). The molecular formula is C20H36N4O6S. The Morgan fingerprint density at radius 3 is 2.26 bits per heavy atom. The normalized spacial score (nSPS) is 20.7. The van der Waals surface area contributed by atoms with Crippen LogP contribution < -0.4 is 21.3 Å². The van der Waals surface area contributed by atoms with E-state index in [2.05, 4.69) is 21.3 Å². The summed E-state index contributed by atoms with van der Waals surface area (Å²) in [6, 6.07) is -3.64. The van der Waals surface area contributed by atoms with Crippen LogP contribution in [0.2, 0.25) is 0 Å². The first-order chi connectivity index (χ1) is 14.6. The van der Waals surface area contributed by atoms with Crippen molar-refractivity contribution in [3.63, 3.8) is 0 Å².